The van der Waals surface area contributed by atoms with Crippen LogP contribution in [0.1, 0.15) is 42.7 Å². The van der Waals surface area contributed by atoms with E-state index in [4.69, 9.17) is 0 Å². The Labute approximate surface area is 119 Å². The van der Waals surface area contributed by atoms with Gasteiger partial charge in [-0.25, -0.2) is 0 Å². The smallest absolute Gasteiger partial charge is 0.263 e. The highest BCUT2D eigenvalue weighted by Gasteiger charge is 2.22. The van der Waals surface area contributed by atoms with E-state index < -0.39 is 0 Å². The van der Waals surface area contributed by atoms with Crippen LogP contribution in [0.15, 0.2) is 16.9 Å². The molecule has 1 N–H and O–H groups in total. The molecule has 0 aromatic carbocycles. The Bertz CT molecular complexity index is 543. The number of hydrogen-bond donors (Lipinski definition) is 1. The van der Waals surface area contributed by atoms with E-state index in [1.807, 2.05) is 13.0 Å². The first-order valence-corrected chi connectivity index (χ1v) is 7.30. The summed E-state index contributed by atoms with van der Waals surface area (Å²) in [5, 5.41) is 3.21. The molecular weight excluding hydrogens is 254 g/mol. The number of carbonyl (C=O) groups is 1. The Morgan fingerprint density at radius 2 is 1.95 bits per heavy atom. The molecule has 1 saturated heterocycles. The molecule has 2 rings (SSSR count). The lowest BCUT2D eigenvalue weighted by Crippen LogP contribution is -2.48. The fourth-order valence-corrected chi connectivity index (χ4v) is 2.62. The largest absolute Gasteiger partial charge is 0.336 e. The van der Waals surface area contributed by atoms with Crippen LogP contribution in [0.4, 0.5) is 0 Å². The number of amides is 1. The average Bonchev–Trinajstić information content (AvgIpc) is 2.47. The molecule has 0 saturated carbocycles. The number of rotatable bonds is 3. The van der Waals surface area contributed by atoms with Gasteiger partial charge in [0.25, 0.3) is 11.5 Å². The molecule has 2 heterocycles. The minimum Gasteiger partial charge on any atom is -0.336 e. The van der Waals surface area contributed by atoms with Gasteiger partial charge in [-0.2, -0.15) is 0 Å². The topological polar surface area (TPSA) is 54.3 Å². The maximum Gasteiger partial charge on any atom is 0.263 e. The standard InChI is InChI=1S/C15H23N3O2/c1-4-18-13(11(2)3)6-5-12(15(18)20)14(19)17-9-7-16-8-10-17/h5-6,11,16H,4,7-10H2,1-3H3. The molecule has 1 amide bonds. The molecular formula is C15H23N3O2. The molecule has 1 aliphatic rings. The highest BCUT2D eigenvalue weighted by molar-refractivity contribution is 5.94. The molecule has 1 aliphatic heterocycles. The van der Waals surface area contributed by atoms with Crippen LogP contribution in [-0.2, 0) is 6.54 Å². The predicted octanol–water partition coefficient (Wildman–Crippen LogP) is 1.04. The van der Waals surface area contributed by atoms with Gasteiger partial charge in [-0.15, -0.1) is 0 Å². The summed E-state index contributed by atoms with van der Waals surface area (Å²) >= 11 is 0. The van der Waals surface area contributed by atoms with Crippen LogP contribution in [0.3, 0.4) is 0 Å². The zero-order chi connectivity index (χ0) is 14.7. The van der Waals surface area contributed by atoms with Gasteiger partial charge in [-0.05, 0) is 25.0 Å². The van der Waals surface area contributed by atoms with Gasteiger partial charge in [0.05, 0.1) is 0 Å². The molecule has 5 heteroatoms. The van der Waals surface area contributed by atoms with Crippen LogP contribution in [-0.4, -0.2) is 41.6 Å². The van der Waals surface area contributed by atoms with Crippen molar-refractivity contribution < 1.29 is 4.79 Å². The van der Waals surface area contributed by atoms with Crippen molar-refractivity contribution in [1.82, 2.24) is 14.8 Å². The Balaban J connectivity index is 2.37. The van der Waals surface area contributed by atoms with Gasteiger partial charge in [0, 0.05) is 38.4 Å². The van der Waals surface area contributed by atoms with Crippen molar-refractivity contribution in [3.63, 3.8) is 0 Å². The van der Waals surface area contributed by atoms with Gasteiger partial charge < -0.3 is 14.8 Å². The van der Waals surface area contributed by atoms with Crippen LogP contribution in [0, 0.1) is 0 Å². The molecule has 0 spiro atoms. The van der Waals surface area contributed by atoms with Crippen molar-refractivity contribution >= 4 is 5.91 Å². The van der Waals surface area contributed by atoms with Gasteiger partial charge in [0.15, 0.2) is 0 Å². The van der Waals surface area contributed by atoms with E-state index in [-0.39, 0.29) is 22.9 Å². The molecule has 1 aromatic rings. The minimum atomic E-state index is -0.165. The second-order valence-electron chi connectivity index (χ2n) is 5.42. The van der Waals surface area contributed by atoms with Crippen molar-refractivity contribution in [2.75, 3.05) is 26.2 Å². The number of hydrogen-bond acceptors (Lipinski definition) is 3. The number of carbonyl (C=O) groups excluding carboxylic acids is 1. The second kappa shape index (κ2) is 6.22. The van der Waals surface area contributed by atoms with Gasteiger partial charge in [-0.3, -0.25) is 9.59 Å². The quantitative estimate of drug-likeness (QED) is 0.898. The average molecular weight is 277 g/mol. The highest BCUT2D eigenvalue weighted by Crippen LogP contribution is 2.13. The molecule has 0 aliphatic carbocycles. The summed E-state index contributed by atoms with van der Waals surface area (Å²) in [4.78, 5) is 26.7. The lowest BCUT2D eigenvalue weighted by molar-refractivity contribution is 0.0733. The third kappa shape index (κ3) is 2.77. The molecule has 0 unspecified atom stereocenters. The van der Waals surface area contributed by atoms with E-state index in [1.165, 1.54) is 0 Å². The van der Waals surface area contributed by atoms with Crippen molar-refractivity contribution in [2.45, 2.75) is 33.2 Å². The number of piperazine rings is 1. The third-order valence-corrected chi connectivity index (χ3v) is 3.75. The molecule has 0 bridgehead atoms. The molecule has 1 fully saturated rings. The number of pyridine rings is 1. The van der Waals surface area contributed by atoms with Crippen LogP contribution < -0.4 is 10.9 Å². The summed E-state index contributed by atoms with van der Waals surface area (Å²) in [6, 6.07) is 3.60. The van der Waals surface area contributed by atoms with Crippen molar-refractivity contribution in [3.8, 4) is 0 Å². The summed E-state index contributed by atoms with van der Waals surface area (Å²) < 4.78 is 1.71. The molecule has 0 atom stereocenters. The van der Waals surface area contributed by atoms with Gasteiger partial charge in [0.1, 0.15) is 5.56 Å². The minimum absolute atomic E-state index is 0.144. The zero-order valence-electron chi connectivity index (χ0n) is 12.5. The summed E-state index contributed by atoms with van der Waals surface area (Å²) in [5.41, 5.74) is 1.11. The highest BCUT2D eigenvalue weighted by atomic mass is 16.2. The molecule has 110 valence electrons. The van der Waals surface area contributed by atoms with Crippen molar-refractivity contribution in [3.05, 3.63) is 33.7 Å². The molecule has 1 aromatic heterocycles. The van der Waals surface area contributed by atoms with Crippen molar-refractivity contribution in [1.29, 1.82) is 0 Å². The lowest BCUT2D eigenvalue weighted by atomic mass is 10.1. The number of nitrogens with one attached hydrogen (secondary N) is 1. The van der Waals surface area contributed by atoms with E-state index in [2.05, 4.69) is 19.2 Å². The monoisotopic (exact) mass is 277 g/mol. The number of nitrogens with zero attached hydrogens (tertiary/aromatic N) is 2. The molecule has 0 radical (unpaired) electrons. The SMILES string of the molecule is CCn1c(C(C)C)ccc(C(=O)N2CCNCC2)c1=O. The van der Waals surface area contributed by atoms with E-state index in [0.29, 0.717) is 19.6 Å². The molecule has 5 nitrogen and oxygen atoms in total. The maximum atomic E-state index is 12.5. The van der Waals surface area contributed by atoms with Gasteiger partial charge in [0.2, 0.25) is 0 Å². The fraction of sp³-hybridized carbons (Fsp3) is 0.600. The lowest BCUT2D eigenvalue weighted by Gasteiger charge is -2.27. The Kier molecular flexibility index (Phi) is 4.60. The van der Waals surface area contributed by atoms with Crippen molar-refractivity contribution in [2.24, 2.45) is 0 Å². The third-order valence-electron chi connectivity index (χ3n) is 3.75. The summed E-state index contributed by atoms with van der Waals surface area (Å²) in [7, 11) is 0. The van der Waals surface area contributed by atoms with Crippen LogP contribution in [0.5, 0.6) is 0 Å². The van der Waals surface area contributed by atoms with Crippen LogP contribution in [0.2, 0.25) is 0 Å². The fourth-order valence-electron chi connectivity index (χ4n) is 2.62. The van der Waals surface area contributed by atoms with E-state index in [1.54, 1.807) is 15.5 Å². The second-order valence-corrected chi connectivity index (χ2v) is 5.42. The first-order chi connectivity index (χ1) is 9.56. The van der Waals surface area contributed by atoms with E-state index >= 15 is 0 Å². The predicted molar refractivity (Wildman–Crippen MR) is 79.2 cm³/mol. The van der Waals surface area contributed by atoms with Gasteiger partial charge in [-0.1, -0.05) is 13.8 Å². The Morgan fingerprint density at radius 1 is 1.30 bits per heavy atom. The Hall–Kier alpha value is -1.62. The molecule has 20 heavy (non-hydrogen) atoms. The normalized spacial score (nSPS) is 15.7. The summed E-state index contributed by atoms with van der Waals surface area (Å²) in [6.45, 7) is 9.54. The zero-order valence-corrected chi connectivity index (χ0v) is 12.5. The number of aromatic nitrogens is 1. The maximum absolute atomic E-state index is 12.5. The first-order valence-electron chi connectivity index (χ1n) is 7.30. The van der Waals surface area contributed by atoms with E-state index in [0.717, 1.165) is 18.8 Å². The Morgan fingerprint density at radius 3 is 2.50 bits per heavy atom. The summed E-state index contributed by atoms with van der Waals surface area (Å²) in [5.74, 6) is 0.125. The summed E-state index contributed by atoms with van der Waals surface area (Å²) in [6.07, 6.45) is 0. The van der Waals surface area contributed by atoms with Crippen LogP contribution in [0.25, 0.3) is 0 Å². The van der Waals surface area contributed by atoms with Crippen LogP contribution >= 0.6 is 0 Å². The van der Waals surface area contributed by atoms with E-state index in [9.17, 15) is 9.59 Å². The first kappa shape index (κ1) is 14.8. The van der Waals surface area contributed by atoms with Gasteiger partial charge >= 0.3 is 0 Å².